The van der Waals surface area contributed by atoms with E-state index in [-0.39, 0.29) is 12.0 Å². The third kappa shape index (κ3) is 3.70. The van der Waals surface area contributed by atoms with Crippen LogP contribution in [0.15, 0.2) is 35.7 Å². The fraction of sp³-hybridized carbons (Fsp3) is 0.474. The molecule has 1 amide bonds. The van der Waals surface area contributed by atoms with Crippen LogP contribution in [0.2, 0.25) is 0 Å². The van der Waals surface area contributed by atoms with E-state index in [9.17, 15) is 4.79 Å². The quantitative estimate of drug-likeness (QED) is 0.847. The van der Waals surface area contributed by atoms with Gasteiger partial charge in [-0.1, -0.05) is 30.3 Å². The van der Waals surface area contributed by atoms with E-state index in [0.717, 1.165) is 48.9 Å². The molecule has 0 bridgehead atoms. The molecule has 1 aromatic heterocycles. The van der Waals surface area contributed by atoms with E-state index in [4.69, 9.17) is 9.72 Å². The normalized spacial score (nSPS) is 21.4. The first-order valence-corrected chi connectivity index (χ1v) is 9.85. The van der Waals surface area contributed by atoms with Gasteiger partial charge in [0.1, 0.15) is 0 Å². The maximum absolute atomic E-state index is 12.7. The Balaban J connectivity index is 1.44. The van der Waals surface area contributed by atoms with Crippen molar-refractivity contribution in [2.24, 2.45) is 0 Å². The molecule has 0 saturated carbocycles. The molecule has 1 aromatic carbocycles. The van der Waals surface area contributed by atoms with Gasteiger partial charge >= 0.3 is 0 Å². The number of morpholine rings is 1. The van der Waals surface area contributed by atoms with E-state index in [2.05, 4.69) is 22.4 Å². The number of thiazole rings is 1. The summed E-state index contributed by atoms with van der Waals surface area (Å²) in [4.78, 5) is 21.6. The first-order valence-electron chi connectivity index (χ1n) is 8.97. The number of anilines is 1. The fourth-order valence-electron chi connectivity index (χ4n) is 3.44. The van der Waals surface area contributed by atoms with Gasteiger partial charge in [-0.25, -0.2) is 4.98 Å². The third-order valence-corrected chi connectivity index (χ3v) is 5.74. The Bertz CT molecular complexity index is 712. The summed E-state index contributed by atoms with van der Waals surface area (Å²) in [7, 11) is 0. The molecule has 2 aliphatic rings. The monoisotopic (exact) mass is 357 g/mol. The SMILES string of the molecule is O=C(C1CN(c2nc(-c3ccccc3)cs2)CCO1)N1CCCCC1. The van der Waals surface area contributed by atoms with Crippen LogP contribution in [0, 0.1) is 0 Å². The molecule has 1 unspecified atom stereocenters. The van der Waals surface area contributed by atoms with Crippen LogP contribution in [0.3, 0.4) is 0 Å². The predicted octanol–water partition coefficient (Wildman–Crippen LogP) is 3.03. The molecule has 4 rings (SSSR count). The van der Waals surface area contributed by atoms with E-state index >= 15 is 0 Å². The van der Waals surface area contributed by atoms with Crippen molar-refractivity contribution in [3.8, 4) is 11.3 Å². The topological polar surface area (TPSA) is 45.7 Å². The van der Waals surface area contributed by atoms with E-state index in [1.54, 1.807) is 11.3 Å². The molecule has 1 atom stereocenters. The lowest BCUT2D eigenvalue weighted by molar-refractivity contribution is -0.145. The standard InChI is InChI=1S/C19H23N3O2S/c23-18(21-9-5-2-6-10-21)17-13-22(11-12-24-17)19-20-16(14-25-19)15-7-3-1-4-8-15/h1,3-4,7-8,14,17H,2,5-6,9-13H2. The number of ether oxygens (including phenoxy) is 1. The highest BCUT2D eigenvalue weighted by Crippen LogP contribution is 2.28. The highest BCUT2D eigenvalue weighted by atomic mass is 32.1. The van der Waals surface area contributed by atoms with Gasteiger partial charge in [0.25, 0.3) is 5.91 Å². The number of piperidine rings is 1. The lowest BCUT2D eigenvalue weighted by atomic mass is 10.1. The molecule has 0 aliphatic carbocycles. The molecule has 2 fully saturated rings. The number of carbonyl (C=O) groups is 1. The minimum absolute atomic E-state index is 0.143. The van der Waals surface area contributed by atoms with E-state index < -0.39 is 0 Å². The molecule has 6 heteroatoms. The Kier molecular flexibility index (Phi) is 4.99. The summed E-state index contributed by atoms with van der Waals surface area (Å²) in [5.74, 6) is 0.143. The number of aromatic nitrogens is 1. The molecule has 0 spiro atoms. The first-order chi connectivity index (χ1) is 12.3. The Hall–Kier alpha value is -1.92. The van der Waals surface area contributed by atoms with Crippen LogP contribution in [0.1, 0.15) is 19.3 Å². The molecular formula is C19H23N3O2S. The van der Waals surface area contributed by atoms with Crippen molar-refractivity contribution in [3.63, 3.8) is 0 Å². The summed E-state index contributed by atoms with van der Waals surface area (Å²) in [5, 5.41) is 3.06. The van der Waals surface area contributed by atoms with E-state index in [1.165, 1.54) is 6.42 Å². The van der Waals surface area contributed by atoms with Gasteiger partial charge in [0, 0.05) is 30.6 Å². The summed E-state index contributed by atoms with van der Waals surface area (Å²) in [6.07, 6.45) is 3.07. The van der Waals surface area contributed by atoms with Crippen molar-refractivity contribution in [1.29, 1.82) is 0 Å². The van der Waals surface area contributed by atoms with E-state index in [0.29, 0.717) is 13.2 Å². The maximum Gasteiger partial charge on any atom is 0.253 e. The Morgan fingerprint density at radius 1 is 1.12 bits per heavy atom. The van der Waals surface area contributed by atoms with Gasteiger partial charge in [0.2, 0.25) is 0 Å². The molecule has 2 saturated heterocycles. The van der Waals surface area contributed by atoms with Crippen molar-refractivity contribution in [1.82, 2.24) is 9.88 Å². The lowest BCUT2D eigenvalue weighted by Gasteiger charge is -2.36. The summed E-state index contributed by atoms with van der Waals surface area (Å²) in [6, 6.07) is 10.2. The van der Waals surface area contributed by atoms with Crippen LogP contribution in [-0.2, 0) is 9.53 Å². The molecule has 2 aromatic rings. The van der Waals surface area contributed by atoms with Gasteiger partial charge in [-0.3, -0.25) is 4.79 Å². The van der Waals surface area contributed by atoms with Gasteiger partial charge < -0.3 is 14.5 Å². The van der Waals surface area contributed by atoms with Crippen LogP contribution >= 0.6 is 11.3 Å². The van der Waals surface area contributed by atoms with Crippen molar-refractivity contribution < 1.29 is 9.53 Å². The number of benzene rings is 1. The van der Waals surface area contributed by atoms with Gasteiger partial charge in [0.05, 0.1) is 18.8 Å². The second kappa shape index (κ2) is 7.54. The van der Waals surface area contributed by atoms with Gasteiger partial charge in [-0.05, 0) is 19.3 Å². The predicted molar refractivity (Wildman–Crippen MR) is 99.9 cm³/mol. The van der Waals surface area contributed by atoms with Crippen LogP contribution in [0.5, 0.6) is 0 Å². The zero-order valence-electron chi connectivity index (χ0n) is 14.3. The highest BCUT2D eigenvalue weighted by molar-refractivity contribution is 7.14. The van der Waals surface area contributed by atoms with Crippen molar-refractivity contribution in [3.05, 3.63) is 35.7 Å². The lowest BCUT2D eigenvalue weighted by Crippen LogP contribution is -2.52. The maximum atomic E-state index is 12.7. The third-order valence-electron chi connectivity index (χ3n) is 4.84. The molecule has 3 heterocycles. The molecule has 0 radical (unpaired) electrons. The second-order valence-electron chi connectivity index (χ2n) is 6.57. The van der Waals surface area contributed by atoms with Crippen LogP contribution in [-0.4, -0.2) is 54.7 Å². The molecule has 5 nitrogen and oxygen atoms in total. The van der Waals surface area contributed by atoms with E-state index in [1.807, 2.05) is 23.1 Å². The first kappa shape index (κ1) is 16.5. The van der Waals surface area contributed by atoms with Crippen molar-refractivity contribution in [2.75, 3.05) is 37.7 Å². The smallest absolute Gasteiger partial charge is 0.253 e. The van der Waals surface area contributed by atoms with Crippen molar-refractivity contribution >= 4 is 22.4 Å². The van der Waals surface area contributed by atoms with Crippen LogP contribution < -0.4 is 4.90 Å². The number of hydrogen-bond acceptors (Lipinski definition) is 5. The largest absolute Gasteiger partial charge is 0.365 e. The number of amides is 1. The minimum atomic E-state index is -0.365. The number of carbonyl (C=O) groups excluding carboxylic acids is 1. The molecule has 0 N–H and O–H groups in total. The highest BCUT2D eigenvalue weighted by Gasteiger charge is 2.31. The summed E-state index contributed by atoms with van der Waals surface area (Å²) in [6.45, 7) is 3.69. The summed E-state index contributed by atoms with van der Waals surface area (Å²) < 4.78 is 5.78. The summed E-state index contributed by atoms with van der Waals surface area (Å²) >= 11 is 1.63. The number of nitrogens with zero attached hydrogens (tertiary/aromatic N) is 3. The van der Waals surface area contributed by atoms with Gasteiger partial charge in [-0.15, -0.1) is 11.3 Å². The average Bonchev–Trinajstić information content (AvgIpc) is 3.19. The summed E-state index contributed by atoms with van der Waals surface area (Å²) in [5.41, 5.74) is 2.12. The number of hydrogen-bond donors (Lipinski definition) is 0. The molecule has 25 heavy (non-hydrogen) atoms. The van der Waals surface area contributed by atoms with Gasteiger partial charge in [0.15, 0.2) is 11.2 Å². The van der Waals surface area contributed by atoms with Gasteiger partial charge in [-0.2, -0.15) is 0 Å². The zero-order valence-corrected chi connectivity index (χ0v) is 15.1. The molecular weight excluding hydrogens is 334 g/mol. The Morgan fingerprint density at radius 2 is 1.92 bits per heavy atom. The van der Waals surface area contributed by atoms with Crippen LogP contribution in [0.4, 0.5) is 5.13 Å². The zero-order chi connectivity index (χ0) is 17.1. The average molecular weight is 357 g/mol. The van der Waals surface area contributed by atoms with Crippen LogP contribution in [0.25, 0.3) is 11.3 Å². The second-order valence-corrected chi connectivity index (χ2v) is 7.41. The Morgan fingerprint density at radius 3 is 2.72 bits per heavy atom. The molecule has 132 valence electrons. The molecule has 2 aliphatic heterocycles. The van der Waals surface area contributed by atoms with Crippen molar-refractivity contribution in [2.45, 2.75) is 25.4 Å². The fourth-order valence-corrected chi connectivity index (χ4v) is 4.31. The Labute approximate surface area is 152 Å². The minimum Gasteiger partial charge on any atom is -0.365 e. The number of rotatable bonds is 3. The number of likely N-dealkylation sites (tertiary alicyclic amines) is 1.